The molecule has 28 heavy (non-hydrogen) atoms. The van der Waals surface area contributed by atoms with Crippen LogP contribution in [0.2, 0.25) is 0 Å². The zero-order valence-electron chi connectivity index (χ0n) is 15.7. The Morgan fingerprint density at radius 2 is 1.89 bits per heavy atom. The van der Waals surface area contributed by atoms with Crippen LogP contribution in [0.3, 0.4) is 0 Å². The van der Waals surface area contributed by atoms with Gasteiger partial charge in [0.15, 0.2) is 17.2 Å². The van der Waals surface area contributed by atoms with Gasteiger partial charge in [-0.05, 0) is 43.5 Å². The molecular weight excluding hydrogens is 361 g/mol. The zero-order valence-corrected chi connectivity index (χ0v) is 15.7. The minimum atomic E-state index is -0.369. The summed E-state index contributed by atoms with van der Waals surface area (Å²) in [7, 11) is 3.08. The minimum absolute atomic E-state index is 0.325. The van der Waals surface area contributed by atoms with Crippen LogP contribution < -0.4 is 14.8 Å². The molecule has 0 atom stereocenters. The van der Waals surface area contributed by atoms with Crippen LogP contribution in [0.25, 0.3) is 5.69 Å². The van der Waals surface area contributed by atoms with Gasteiger partial charge in [-0.3, -0.25) is 4.79 Å². The number of amides is 1. The fraction of sp³-hybridized carbons (Fsp3) is 0.238. The number of aromatic nitrogens is 2. The zero-order chi connectivity index (χ0) is 19.7. The lowest BCUT2D eigenvalue weighted by molar-refractivity contribution is 0.102. The molecule has 1 N–H and O–H groups in total. The number of ether oxygens (including phenoxy) is 2. The highest BCUT2D eigenvalue weighted by Crippen LogP contribution is 2.31. The monoisotopic (exact) mass is 381 g/mol. The van der Waals surface area contributed by atoms with Gasteiger partial charge >= 0.3 is 0 Å². The molecule has 4 rings (SSSR count). The molecule has 6 nitrogen and oxygen atoms in total. The fourth-order valence-electron chi connectivity index (χ4n) is 3.55. The molecule has 2 aromatic carbocycles. The maximum absolute atomic E-state index is 14.3. The summed E-state index contributed by atoms with van der Waals surface area (Å²) >= 11 is 0. The molecular formula is C21H20FN3O3. The number of nitrogens with one attached hydrogen (secondary N) is 1. The molecule has 0 saturated heterocycles. The number of nitrogens with zero attached hydrogens (tertiary/aromatic N) is 2. The van der Waals surface area contributed by atoms with E-state index >= 15 is 0 Å². The quantitative estimate of drug-likeness (QED) is 0.731. The van der Waals surface area contributed by atoms with E-state index in [-0.39, 0.29) is 11.7 Å². The van der Waals surface area contributed by atoms with E-state index in [0.717, 1.165) is 30.5 Å². The molecule has 144 valence electrons. The van der Waals surface area contributed by atoms with Gasteiger partial charge in [0.2, 0.25) is 0 Å². The smallest absolute Gasteiger partial charge is 0.276 e. The molecule has 1 amide bonds. The Balaban J connectivity index is 1.68. The van der Waals surface area contributed by atoms with E-state index in [1.54, 1.807) is 48.2 Å². The van der Waals surface area contributed by atoms with Gasteiger partial charge in [0.25, 0.3) is 5.91 Å². The van der Waals surface area contributed by atoms with Gasteiger partial charge in [0.1, 0.15) is 11.5 Å². The minimum Gasteiger partial charge on any atom is -0.493 e. The van der Waals surface area contributed by atoms with Crippen molar-refractivity contribution in [2.75, 3.05) is 19.5 Å². The summed E-state index contributed by atoms with van der Waals surface area (Å²) in [5.74, 6) is 0.389. The Morgan fingerprint density at radius 1 is 1.11 bits per heavy atom. The summed E-state index contributed by atoms with van der Waals surface area (Å²) in [6, 6.07) is 11.6. The molecule has 1 heterocycles. The van der Waals surface area contributed by atoms with Gasteiger partial charge in [-0.15, -0.1) is 0 Å². The van der Waals surface area contributed by atoms with Crippen LogP contribution in [0.1, 0.15) is 28.2 Å². The number of anilines is 1. The lowest BCUT2D eigenvalue weighted by Crippen LogP contribution is -2.15. The summed E-state index contributed by atoms with van der Waals surface area (Å²) in [6.45, 7) is 0. The van der Waals surface area contributed by atoms with E-state index in [2.05, 4.69) is 10.4 Å². The van der Waals surface area contributed by atoms with Gasteiger partial charge < -0.3 is 14.8 Å². The summed E-state index contributed by atoms with van der Waals surface area (Å²) in [5, 5.41) is 7.29. The van der Waals surface area contributed by atoms with Crippen LogP contribution in [0.15, 0.2) is 42.5 Å². The number of hydrogen-bond acceptors (Lipinski definition) is 4. The molecule has 0 unspecified atom stereocenters. The largest absolute Gasteiger partial charge is 0.493 e. The van der Waals surface area contributed by atoms with Crippen molar-refractivity contribution in [2.24, 2.45) is 0 Å². The lowest BCUT2D eigenvalue weighted by atomic mass is 10.2. The van der Waals surface area contributed by atoms with Gasteiger partial charge in [-0.25, -0.2) is 9.07 Å². The van der Waals surface area contributed by atoms with E-state index in [1.165, 1.54) is 13.2 Å². The van der Waals surface area contributed by atoms with Crippen LogP contribution >= 0.6 is 0 Å². The predicted octanol–water partition coefficient (Wildman–Crippen LogP) is 3.77. The van der Waals surface area contributed by atoms with E-state index in [0.29, 0.717) is 28.6 Å². The van der Waals surface area contributed by atoms with Crippen LogP contribution in [-0.4, -0.2) is 29.9 Å². The molecule has 0 aliphatic heterocycles. The number of fused-ring (bicyclic) bond motifs is 1. The van der Waals surface area contributed by atoms with Crippen molar-refractivity contribution < 1.29 is 18.7 Å². The molecule has 0 saturated carbocycles. The first kappa shape index (κ1) is 18.0. The standard InChI is InChI=1S/C21H20FN3O3/c1-27-18-11-10-13(12-19(18)28-2)23-21(26)20-14-6-5-9-16(14)25(24-20)17-8-4-3-7-15(17)22/h3-4,7-8,10-12H,5-6,9H2,1-2H3,(H,23,26). The summed E-state index contributed by atoms with van der Waals surface area (Å²) < 4.78 is 26.3. The third-order valence-corrected chi connectivity index (χ3v) is 4.87. The highest BCUT2D eigenvalue weighted by atomic mass is 19.1. The number of para-hydroxylation sites is 1. The number of carbonyl (C=O) groups excluding carboxylic acids is 1. The first-order valence-corrected chi connectivity index (χ1v) is 9.01. The van der Waals surface area contributed by atoms with E-state index in [9.17, 15) is 9.18 Å². The average Bonchev–Trinajstić information content (AvgIpc) is 3.31. The van der Waals surface area contributed by atoms with Crippen LogP contribution in [0.5, 0.6) is 11.5 Å². The Bertz CT molecular complexity index is 1050. The van der Waals surface area contributed by atoms with Gasteiger partial charge in [0.05, 0.1) is 14.2 Å². The van der Waals surface area contributed by atoms with Crippen molar-refractivity contribution in [3.05, 3.63) is 65.2 Å². The van der Waals surface area contributed by atoms with Crippen molar-refractivity contribution in [1.82, 2.24) is 9.78 Å². The van der Waals surface area contributed by atoms with Gasteiger partial charge in [-0.2, -0.15) is 5.10 Å². The first-order valence-electron chi connectivity index (χ1n) is 9.01. The van der Waals surface area contributed by atoms with Crippen LogP contribution in [-0.2, 0) is 12.8 Å². The second-order valence-electron chi connectivity index (χ2n) is 6.51. The van der Waals surface area contributed by atoms with Crippen molar-refractivity contribution >= 4 is 11.6 Å². The second kappa shape index (κ2) is 7.34. The molecule has 0 fully saturated rings. The molecule has 1 aromatic heterocycles. The number of methoxy groups -OCH3 is 2. The number of hydrogen-bond donors (Lipinski definition) is 1. The molecule has 0 spiro atoms. The molecule has 1 aliphatic rings. The highest BCUT2D eigenvalue weighted by molar-refractivity contribution is 6.04. The SMILES string of the molecule is COc1ccc(NC(=O)c2nn(-c3ccccc3F)c3c2CCC3)cc1OC. The van der Waals surface area contributed by atoms with E-state index in [4.69, 9.17) is 9.47 Å². The van der Waals surface area contributed by atoms with Crippen molar-refractivity contribution in [1.29, 1.82) is 0 Å². The molecule has 3 aromatic rings. The first-order chi connectivity index (χ1) is 13.6. The fourth-order valence-corrected chi connectivity index (χ4v) is 3.55. The van der Waals surface area contributed by atoms with Crippen molar-refractivity contribution in [2.45, 2.75) is 19.3 Å². The summed E-state index contributed by atoms with van der Waals surface area (Å²) in [6.07, 6.45) is 2.43. The Hall–Kier alpha value is -3.35. The van der Waals surface area contributed by atoms with Gasteiger partial charge in [0, 0.05) is 23.0 Å². The normalized spacial score (nSPS) is 12.5. The maximum atomic E-state index is 14.3. The van der Waals surface area contributed by atoms with Crippen LogP contribution in [0.4, 0.5) is 10.1 Å². The Kier molecular flexibility index (Phi) is 4.73. The number of rotatable bonds is 5. The summed E-state index contributed by atoms with van der Waals surface area (Å²) in [5.41, 5.74) is 3.01. The molecule has 0 radical (unpaired) electrons. The third kappa shape index (κ3) is 3.09. The van der Waals surface area contributed by atoms with Crippen molar-refractivity contribution in [3.63, 3.8) is 0 Å². The predicted molar refractivity (Wildman–Crippen MR) is 103 cm³/mol. The summed E-state index contributed by atoms with van der Waals surface area (Å²) in [4.78, 5) is 12.9. The third-order valence-electron chi connectivity index (χ3n) is 4.87. The molecule has 1 aliphatic carbocycles. The molecule has 7 heteroatoms. The molecule has 0 bridgehead atoms. The second-order valence-corrected chi connectivity index (χ2v) is 6.51. The lowest BCUT2D eigenvalue weighted by Gasteiger charge is -2.10. The maximum Gasteiger partial charge on any atom is 0.276 e. The Labute approximate surface area is 161 Å². The Morgan fingerprint density at radius 3 is 2.64 bits per heavy atom. The van der Waals surface area contributed by atoms with E-state index in [1.807, 2.05) is 0 Å². The number of carbonyl (C=O) groups is 1. The average molecular weight is 381 g/mol. The van der Waals surface area contributed by atoms with Gasteiger partial charge in [-0.1, -0.05) is 12.1 Å². The van der Waals surface area contributed by atoms with Crippen LogP contribution in [0, 0.1) is 5.82 Å². The van der Waals surface area contributed by atoms with Crippen molar-refractivity contribution in [3.8, 4) is 17.2 Å². The highest BCUT2D eigenvalue weighted by Gasteiger charge is 2.28. The number of halogens is 1. The topological polar surface area (TPSA) is 65.4 Å². The number of benzene rings is 2. The van der Waals surface area contributed by atoms with E-state index < -0.39 is 0 Å².